The van der Waals surface area contributed by atoms with Gasteiger partial charge in [0.1, 0.15) is 7.05 Å². The maximum atomic E-state index is 3.98. The van der Waals surface area contributed by atoms with E-state index in [4.69, 9.17) is 0 Å². The minimum atomic E-state index is -0.00832. The van der Waals surface area contributed by atoms with E-state index in [9.17, 15) is 0 Å². The molecule has 1 aliphatic heterocycles. The standard InChI is InChI=1S/C20H22NS/c1-5-12-20(3)17-14-15(2)8-10-18(17)21(4)19(20)11-9-16-7-6-13-22-16/h5-11,13-14H,1,12H2,2-4H3/q+1/b11-9+. The molecule has 1 aromatic heterocycles. The zero-order chi connectivity index (χ0) is 15.7. The zero-order valence-electron chi connectivity index (χ0n) is 13.5. The molecule has 0 amide bonds. The number of thiophene rings is 1. The van der Waals surface area contributed by atoms with E-state index in [1.807, 2.05) is 6.08 Å². The van der Waals surface area contributed by atoms with Crippen LogP contribution in [0.1, 0.15) is 29.3 Å². The SMILES string of the molecule is C=CCC1(C)C(/C=C/c2cccs2)=[N+](C)c2ccc(C)cc21. The van der Waals surface area contributed by atoms with Crippen LogP contribution in [0.25, 0.3) is 6.08 Å². The molecule has 0 spiro atoms. The van der Waals surface area contributed by atoms with Crippen LogP contribution in [0.3, 0.4) is 0 Å². The van der Waals surface area contributed by atoms with Crippen molar-refractivity contribution in [2.24, 2.45) is 0 Å². The van der Waals surface area contributed by atoms with Crippen LogP contribution in [0.2, 0.25) is 0 Å². The lowest BCUT2D eigenvalue weighted by Gasteiger charge is -2.20. The van der Waals surface area contributed by atoms with Crippen LogP contribution in [0.4, 0.5) is 5.69 Å². The molecule has 0 bridgehead atoms. The first-order valence-corrected chi connectivity index (χ1v) is 8.49. The number of rotatable bonds is 4. The molecule has 112 valence electrons. The van der Waals surface area contributed by atoms with Crippen LogP contribution in [0.15, 0.2) is 54.4 Å². The van der Waals surface area contributed by atoms with Gasteiger partial charge in [-0.05, 0) is 43.9 Å². The Morgan fingerprint density at radius 1 is 1.27 bits per heavy atom. The number of benzene rings is 1. The third-order valence-corrected chi connectivity index (χ3v) is 5.37. The van der Waals surface area contributed by atoms with Crippen molar-refractivity contribution in [1.82, 2.24) is 0 Å². The predicted octanol–water partition coefficient (Wildman–Crippen LogP) is 5.33. The Morgan fingerprint density at radius 3 is 2.77 bits per heavy atom. The fourth-order valence-electron chi connectivity index (χ4n) is 3.37. The largest absolute Gasteiger partial charge is 0.209 e. The molecule has 1 aromatic carbocycles. The molecule has 2 heteroatoms. The molecule has 1 nitrogen and oxygen atoms in total. The van der Waals surface area contributed by atoms with E-state index in [1.54, 1.807) is 11.3 Å². The van der Waals surface area contributed by atoms with Gasteiger partial charge in [0, 0.05) is 22.6 Å². The fraction of sp³-hybridized carbons (Fsp3) is 0.250. The van der Waals surface area contributed by atoms with Gasteiger partial charge in [0.15, 0.2) is 5.71 Å². The summed E-state index contributed by atoms with van der Waals surface area (Å²) in [7, 11) is 2.16. The molecular formula is C20H22NS+. The van der Waals surface area contributed by atoms with Gasteiger partial charge in [-0.2, -0.15) is 4.58 Å². The van der Waals surface area contributed by atoms with Gasteiger partial charge in [-0.1, -0.05) is 23.8 Å². The summed E-state index contributed by atoms with van der Waals surface area (Å²) in [5.41, 5.74) is 5.35. The Morgan fingerprint density at radius 2 is 2.09 bits per heavy atom. The summed E-state index contributed by atoms with van der Waals surface area (Å²) >= 11 is 1.77. The molecule has 2 aromatic rings. The maximum Gasteiger partial charge on any atom is 0.209 e. The first-order valence-electron chi connectivity index (χ1n) is 7.61. The van der Waals surface area contributed by atoms with Crippen molar-refractivity contribution in [3.8, 4) is 0 Å². The van der Waals surface area contributed by atoms with Crippen molar-refractivity contribution in [2.75, 3.05) is 7.05 Å². The van der Waals surface area contributed by atoms with Crippen LogP contribution < -0.4 is 0 Å². The smallest absolute Gasteiger partial charge is 0.198 e. The number of aryl methyl sites for hydroxylation is 1. The third-order valence-electron chi connectivity index (χ3n) is 4.54. The van der Waals surface area contributed by atoms with Gasteiger partial charge in [-0.25, -0.2) is 0 Å². The van der Waals surface area contributed by atoms with Crippen molar-refractivity contribution in [3.05, 3.63) is 70.4 Å². The number of fused-ring (bicyclic) bond motifs is 1. The Hall–Kier alpha value is -1.93. The minimum Gasteiger partial charge on any atom is -0.198 e. The van der Waals surface area contributed by atoms with Gasteiger partial charge in [0.25, 0.3) is 0 Å². The molecule has 0 radical (unpaired) electrons. The molecule has 22 heavy (non-hydrogen) atoms. The van der Waals surface area contributed by atoms with Crippen LogP contribution in [0.5, 0.6) is 0 Å². The quantitative estimate of drug-likeness (QED) is 0.530. The van der Waals surface area contributed by atoms with Gasteiger partial charge >= 0.3 is 0 Å². The number of nitrogens with zero attached hydrogens (tertiary/aromatic N) is 1. The van der Waals surface area contributed by atoms with Crippen molar-refractivity contribution in [3.63, 3.8) is 0 Å². The van der Waals surface area contributed by atoms with E-state index in [-0.39, 0.29) is 5.41 Å². The highest BCUT2D eigenvalue weighted by molar-refractivity contribution is 7.10. The van der Waals surface area contributed by atoms with Crippen molar-refractivity contribution in [1.29, 1.82) is 0 Å². The monoisotopic (exact) mass is 308 g/mol. The summed E-state index contributed by atoms with van der Waals surface area (Å²) in [5, 5.41) is 2.11. The third kappa shape index (κ3) is 2.38. The molecule has 1 unspecified atom stereocenters. The van der Waals surface area contributed by atoms with E-state index in [0.717, 1.165) is 6.42 Å². The maximum absolute atomic E-state index is 3.98. The molecule has 0 saturated carbocycles. The summed E-state index contributed by atoms with van der Waals surface area (Å²) in [5.74, 6) is 0. The lowest BCUT2D eigenvalue weighted by atomic mass is 9.76. The van der Waals surface area contributed by atoms with Crippen LogP contribution >= 0.6 is 11.3 Å². The minimum absolute atomic E-state index is 0.00832. The highest BCUT2D eigenvalue weighted by Crippen LogP contribution is 2.42. The van der Waals surface area contributed by atoms with Gasteiger partial charge < -0.3 is 0 Å². The summed E-state index contributed by atoms with van der Waals surface area (Å²) < 4.78 is 2.32. The van der Waals surface area contributed by atoms with Crippen molar-refractivity contribution in [2.45, 2.75) is 25.7 Å². The first kappa shape index (κ1) is 15.0. The second kappa shape index (κ2) is 5.69. The second-order valence-corrected chi connectivity index (χ2v) is 7.12. The Kier molecular flexibility index (Phi) is 3.88. The average Bonchev–Trinajstić information content (AvgIpc) is 3.06. The molecule has 0 aliphatic carbocycles. The van der Waals surface area contributed by atoms with Crippen LogP contribution in [-0.2, 0) is 5.41 Å². The molecule has 0 saturated heterocycles. The fourth-order valence-corrected chi connectivity index (χ4v) is 3.99. The van der Waals surface area contributed by atoms with Crippen molar-refractivity contribution < 1.29 is 4.58 Å². The van der Waals surface area contributed by atoms with Crippen LogP contribution in [-0.4, -0.2) is 17.3 Å². The Balaban J connectivity index is 2.11. The van der Waals surface area contributed by atoms with E-state index >= 15 is 0 Å². The first-order chi connectivity index (χ1) is 10.6. The highest BCUT2D eigenvalue weighted by atomic mass is 32.1. The zero-order valence-corrected chi connectivity index (χ0v) is 14.3. The van der Waals surface area contributed by atoms with E-state index < -0.39 is 0 Å². The summed E-state index contributed by atoms with van der Waals surface area (Å²) in [6.45, 7) is 8.47. The number of hydrogen-bond donors (Lipinski definition) is 0. The van der Waals surface area contributed by atoms with Gasteiger partial charge in [0.2, 0.25) is 5.69 Å². The topological polar surface area (TPSA) is 3.01 Å². The molecule has 0 fully saturated rings. The highest BCUT2D eigenvalue weighted by Gasteiger charge is 2.45. The average molecular weight is 308 g/mol. The molecular weight excluding hydrogens is 286 g/mol. The lowest BCUT2D eigenvalue weighted by molar-refractivity contribution is -0.401. The van der Waals surface area contributed by atoms with Gasteiger partial charge in [-0.15, -0.1) is 17.9 Å². The van der Waals surface area contributed by atoms with Crippen molar-refractivity contribution >= 4 is 28.8 Å². The van der Waals surface area contributed by atoms with E-state index in [2.05, 4.69) is 79.9 Å². The number of hydrogen-bond acceptors (Lipinski definition) is 1. The summed E-state index contributed by atoms with van der Waals surface area (Å²) in [4.78, 5) is 1.29. The normalized spacial score (nSPS) is 20.7. The molecule has 1 aliphatic rings. The molecule has 3 rings (SSSR count). The predicted molar refractivity (Wildman–Crippen MR) is 97.5 cm³/mol. The van der Waals surface area contributed by atoms with E-state index in [1.165, 1.54) is 27.4 Å². The molecule has 1 atom stereocenters. The Bertz CT molecular complexity index is 765. The Labute approximate surface area is 136 Å². The molecule has 0 N–H and O–H groups in total. The van der Waals surface area contributed by atoms with Crippen LogP contribution in [0, 0.1) is 6.92 Å². The second-order valence-electron chi connectivity index (χ2n) is 6.14. The molecule has 2 heterocycles. The van der Waals surface area contributed by atoms with Gasteiger partial charge in [0.05, 0.1) is 5.41 Å². The number of allylic oxidation sites excluding steroid dienone is 2. The summed E-state index contributed by atoms with van der Waals surface area (Å²) in [6.07, 6.45) is 7.46. The van der Waals surface area contributed by atoms with E-state index in [0.29, 0.717) is 0 Å². The summed E-state index contributed by atoms with van der Waals surface area (Å²) in [6, 6.07) is 11.0. The lowest BCUT2D eigenvalue weighted by Crippen LogP contribution is -2.30. The van der Waals surface area contributed by atoms with Gasteiger partial charge in [-0.3, -0.25) is 0 Å².